The molecule has 0 saturated carbocycles. The number of rotatable bonds is 7. The minimum absolute atomic E-state index is 0.130. The summed E-state index contributed by atoms with van der Waals surface area (Å²) in [4.78, 5) is 0. The second-order valence-electron chi connectivity index (χ2n) is 4.19. The molecule has 0 aliphatic heterocycles. The molecule has 3 nitrogen and oxygen atoms in total. The van der Waals surface area contributed by atoms with Gasteiger partial charge in [-0.15, -0.1) is 0 Å². The van der Waals surface area contributed by atoms with Gasteiger partial charge >= 0.3 is 0 Å². The Balaban J connectivity index is 2.22. The van der Waals surface area contributed by atoms with Crippen molar-refractivity contribution in [1.82, 2.24) is 0 Å². The van der Waals surface area contributed by atoms with Crippen LogP contribution in [0.3, 0.4) is 0 Å². The maximum Gasteiger partial charge on any atom is 0.264 e. The molecule has 0 spiro atoms. The van der Waals surface area contributed by atoms with E-state index >= 15 is 0 Å². The van der Waals surface area contributed by atoms with Crippen LogP contribution < -0.4 is 0 Å². The molecule has 0 bridgehead atoms. The van der Waals surface area contributed by atoms with Crippen LogP contribution in [-0.2, 0) is 16.5 Å². The van der Waals surface area contributed by atoms with Crippen molar-refractivity contribution in [3.8, 4) is 0 Å². The standard InChI is InChI=1S/C12H16Br2O3S/c13-11-7-6-10(12(14)9-11)5-3-1-2-4-8-18(15,16)17/h6-7,9H,1-5,8H2,(H,15,16,17). The van der Waals surface area contributed by atoms with Crippen LogP contribution in [0.4, 0.5) is 0 Å². The van der Waals surface area contributed by atoms with Gasteiger partial charge in [0.05, 0.1) is 5.75 Å². The van der Waals surface area contributed by atoms with Crippen molar-refractivity contribution < 1.29 is 13.0 Å². The average Bonchev–Trinajstić information content (AvgIpc) is 2.24. The smallest absolute Gasteiger partial charge is 0.264 e. The van der Waals surface area contributed by atoms with Gasteiger partial charge < -0.3 is 0 Å². The molecular weight excluding hydrogens is 384 g/mol. The van der Waals surface area contributed by atoms with E-state index in [4.69, 9.17) is 4.55 Å². The van der Waals surface area contributed by atoms with Crippen molar-refractivity contribution >= 4 is 42.0 Å². The molecule has 0 aromatic heterocycles. The van der Waals surface area contributed by atoms with E-state index in [0.717, 1.165) is 34.6 Å². The van der Waals surface area contributed by atoms with Gasteiger partial charge in [-0.05, 0) is 37.0 Å². The molecule has 0 aliphatic rings. The predicted molar refractivity (Wildman–Crippen MR) is 80.4 cm³/mol. The van der Waals surface area contributed by atoms with Gasteiger partial charge in [0.1, 0.15) is 0 Å². The van der Waals surface area contributed by atoms with E-state index in [1.165, 1.54) is 5.56 Å². The highest BCUT2D eigenvalue weighted by molar-refractivity contribution is 9.11. The Hall–Kier alpha value is 0.0900. The summed E-state index contributed by atoms with van der Waals surface area (Å²) >= 11 is 6.92. The highest BCUT2D eigenvalue weighted by Gasteiger charge is 2.04. The number of unbranched alkanes of at least 4 members (excludes halogenated alkanes) is 3. The van der Waals surface area contributed by atoms with Gasteiger partial charge in [0, 0.05) is 8.95 Å². The van der Waals surface area contributed by atoms with Crippen LogP contribution >= 0.6 is 31.9 Å². The fraction of sp³-hybridized carbons (Fsp3) is 0.500. The zero-order chi connectivity index (χ0) is 13.6. The molecule has 1 rings (SSSR count). The van der Waals surface area contributed by atoms with E-state index in [-0.39, 0.29) is 5.75 Å². The summed E-state index contributed by atoms with van der Waals surface area (Å²) in [6, 6.07) is 6.11. The number of halogens is 2. The van der Waals surface area contributed by atoms with Crippen molar-refractivity contribution in [2.75, 3.05) is 5.75 Å². The zero-order valence-electron chi connectivity index (χ0n) is 9.90. The van der Waals surface area contributed by atoms with Gasteiger partial charge in [0.25, 0.3) is 10.1 Å². The summed E-state index contributed by atoms with van der Waals surface area (Å²) in [5.41, 5.74) is 1.26. The van der Waals surface area contributed by atoms with Crippen LogP contribution in [0.2, 0.25) is 0 Å². The van der Waals surface area contributed by atoms with Gasteiger partial charge in [-0.2, -0.15) is 8.42 Å². The van der Waals surface area contributed by atoms with Gasteiger partial charge in [-0.3, -0.25) is 4.55 Å². The molecule has 18 heavy (non-hydrogen) atoms. The van der Waals surface area contributed by atoms with Gasteiger partial charge in [0.2, 0.25) is 0 Å². The van der Waals surface area contributed by atoms with E-state index in [9.17, 15) is 8.42 Å². The minimum atomic E-state index is -3.79. The van der Waals surface area contributed by atoms with Gasteiger partial charge in [-0.25, -0.2) is 0 Å². The van der Waals surface area contributed by atoms with Crippen molar-refractivity contribution in [1.29, 1.82) is 0 Å². The summed E-state index contributed by atoms with van der Waals surface area (Å²) in [7, 11) is -3.79. The number of hydrogen-bond donors (Lipinski definition) is 1. The number of aryl methyl sites for hydroxylation is 1. The first-order valence-electron chi connectivity index (χ1n) is 5.77. The Labute approximate surface area is 125 Å². The van der Waals surface area contributed by atoms with Crippen molar-refractivity contribution in [2.45, 2.75) is 32.1 Å². The van der Waals surface area contributed by atoms with Crippen molar-refractivity contribution in [2.24, 2.45) is 0 Å². The quantitative estimate of drug-likeness (QED) is 0.552. The number of benzene rings is 1. The molecular formula is C12H16Br2O3S. The Kier molecular flexibility index (Phi) is 6.84. The van der Waals surface area contributed by atoms with Crippen LogP contribution in [0, 0.1) is 0 Å². The fourth-order valence-corrected chi connectivity index (χ4v) is 3.49. The lowest BCUT2D eigenvalue weighted by atomic mass is 10.1. The molecule has 6 heteroatoms. The van der Waals surface area contributed by atoms with Gasteiger partial charge in [-0.1, -0.05) is 50.8 Å². The average molecular weight is 400 g/mol. The molecule has 0 aliphatic carbocycles. The molecule has 0 radical (unpaired) electrons. The van der Waals surface area contributed by atoms with Gasteiger partial charge in [0.15, 0.2) is 0 Å². The van der Waals surface area contributed by atoms with E-state index < -0.39 is 10.1 Å². The topological polar surface area (TPSA) is 54.4 Å². The molecule has 0 saturated heterocycles. The van der Waals surface area contributed by atoms with E-state index in [2.05, 4.69) is 37.9 Å². The Morgan fingerprint density at radius 3 is 2.33 bits per heavy atom. The molecule has 0 atom stereocenters. The largest absolute Gasteiger partial charge is 0.286 e. The zero-order valence-corrected chi connectivity index (χ0v) is 13.9. The first-order valence-corrected chi connectivity index (χ1v) is 8.97. The monoisotopic (exact) mass is 398 g/mol. The Morgan fingerprint density at radius 1 is 1.06 bits per heavy atom. The maximum absolute atomic E-state index is 10.5. The summed E-state index contributed by atoms with van der Waals surface area (Å²) < 4.78 is 31.7. The molecule has 0 unspecified atom stereocenters. The van der Waals surface area contributed by atoms with Crippen molar-refractivity contribution in [3.05, 3.63) is 32.7 Å². The summed E-state index contributed by atoms with van der Waals surface area (Å²) in [5, 5.41) is 0. The lowest BCUT2D eigenvalue weighted by Crippen LogP contribution is -2.03. The summed E-state index contributed by atoms with van der Waals surface area (Å²) in [5.74, 6) is -0.130. The maximum atomic E-state index is 10.5. The lowest BCUT2D eigenvalue weighted by Gasteiger charge is -2.05. The summed E-state index contributed by atoms with van der Waals surface area (Å²) in [6.45, 7) is 0. The second kappa shape index (κ2) is 7.62. The van der Waals surface area contributed by atoms with E-state index in [1.807, 2.05) is 12.1 Å². The molecule has 0 fully saturated rings. The highest BCUT2D eigenvalue weighted by atomic mass is 79.9. The third-order valence-electron chi connectivity index (χ3n) is 2.61. The third kappa shape index (κ3) is 6.87. The first kappa shape index (κ1) is 16.1. The molecule has 1 N–H and O–H groups in total. The first-order chi connectivity index (χ1) is 8.38. The van der Waals surface area contributed by atoms with Crippen LogP contribution in [0.25, 0.3) is 0 Å². The SMILES string of the molecule is O=S(=O)(O)CCCCCCc1ccc(Br)cc1Br. The fourth-order valence-electron chi connectivity index (χ4n) is 1.68. The Bertz CT molecular complexity index is 486. The van der Waals surface area contributed by atoms with Crippen LogP contribution in [0.5, 0.6) is 0 Å². The van der Waals surface area contributed by atoms with E-state index in [0.29, 0.717) is 6.42 Å². The number of hydrogen-bond acceptors (Lipinski definition) is 2. The van der Waals surface area contributed by atoms with Crippen LogP contribution in [-0.4, -0.2) is 18.7 Å². The molecule has 1 aromatic carbocycles. The van der Waals surface area contributed by atoms with Crippen LogP contribution in [0.1, 0.15) is 31.2 Å². The van der Waals surface area contributed by atoms with Crippen molar-refractivity contribution in [3.63, 3.8) is 0 Å². The summed E-state index contributed by atoms with van der Waals surface area (Å²) in [6.07, 6.45) is 4.32. The Morgan fingerprint density at radius 2 is 1.72 bits per heavy atom. The predicted octanol–water partition coefficient (Wildman–Crippen LogP) is 4.20. The molecule has 0 heterocycles. The normalized spacial score (nSPS) is 11.7. The molecule has 0 amide bonds. The lowest BCUT2D eigenvalue weighted by molar-refractivity contribution is 0.479. The molecule has 102 valence electrons. The second-order valence-corrected chi connectivity index (χ2v) is 7.53. The minimum Gasteiger partial charge on any atom is -0.286 e. The third-order valence-corrected chi connectivity index (χ3v) is 4.65. The molecule has 1 aromatic rings. The highest BCUT2D eigenvalue weighted by Crippen LogP contribution is 2.23. The van der Waals surface area contributed by atoms with E-state index in [1.54, 1.807) is 0 Å². The van der Waals surface area contributed by atoms with Crippen LogP contribution in [0.15, 0.2) is 27.1 Å².